The van der Waals surface area contributed by atoms with Crippen molar-refractivity contribution in [1.82, 2.24) is 5.32 Å². The number of hydrogen-bond acceptors (Lipinski definition) is 2. The van der Waals surface area contributed by atoms with Crippen LogP contribution in [-0.4, -0.2) is 19.6 Å². The van der Waals surface area contributed by atoms with E-state index >= 15 is 0 Å². The van der Waals surface area contributed by atoms with Crippen LogP contribution in [0.3, 0.4) is 0 Å². The molecule has 94 valence electrons. The molecule has 2 nitrogen and oxygen atoms in total. The molecule has 2 unspecified atom stereocenters. The highest BCUT2D eigenvalue weighted by Crippen LogP contribution is 2.35. The van der Waals surface area contributed by atoms with Gasteiger partial charge >= 0.3 is 0 Å². The van der Waals surface area contributed by atoms with Gasteiger partial charge in [0.05, 0.1) is 0 Å². The average Bonchev–Trinajstić information content (AvgIpc) is 2.37. The van der Waals surface area contributed by atoms with Crippen molar-refractivity contribution in [3.8, 4) is 0 Å². The molecule has 0 aliphatic carbocycles. The van der Waals surface area contributed by atoms with Gasteiger partial charge in [0.2, 0.25) is 0 Å². The van der Waals surface area contributed by atoms with Gasteiger partial charge in [-0.2, -0.15) is 0 Å². The molecule has 0 saturated carbocycles. The van der Waals surface area contributed by atoms with Crippen LogP contribution >= 0.6 is 0 Å². The van der Waals surface area contributed by atoms with Crippen LogP contribution in [0, 0.1) is 0 Å². The zero-order chi connectivity index (χ0) is 12.3. The average molecular weight is 232 g/mol. The third-order valence-corrected chi connectivity index (χ3v) is 3.87. The summed E-state index contributed by atoms with van der Waals surface area (Å²) in [4.78, 5) is 2.58. The quantitative estimate of drug-likeness (QED) is 0.856. The van der Waals surface area contributed by atoms with Gasteiger partial charge in [-0.05, 0) is 38.4 Å². The van der Waals surface area contributed by atoms with Gasteiger partial charge in [-0.15, -0.1) is 0 Å². The van der Waals surface area contributed by atoms with Crippen molar-refractivity contribution in [3.63, 3.8) is 0 Å². The molecule has 0 fully saturated rings. The van der Waals surface area contributed by atoms with E-state index in [1.54, 1.807) is 0 Å². The Balaban J connectivity index is 2.27. The maximum absolute atomic E-state index is 3.42. The van der Waals surface area contributed by atoms with E-state index in [0.29, 0.717) is 12.1 Å². The predicted octanol–water partition coefficient (Wildman–Crippen LogP) is 3.35. The van der Waals surface area contributed by atoms with Crippen LogP contribution in [0.1, 0.15) is 44.7 Å². The van der Waals surface area contributed by atoms with Gasteiger partial charge in [0.25, 0.3) is 0 Å². The van der Waals surface area contributed by atoms with E-state index in [2.05, 4.69) is 55.4 Å². The van der Waals surface area contributed by atoms with Gasteiger partial charge in [-0.3, -0.25) is 0 Å². The minimum atomic E-state index is 0.524. The van der Waals surface area contributed by atoms with Gasteiger partial charge in [-0.1, -0.05) is 31.5 Å². The molecule has 1 aliphatic rings. The summed E-state index contributed by atoms with van der Waals surface area (Å²) in [5.74, 6) is 0. The molecule has 0 amide bonds. The van der Waals surface area contributed by atoms with Crippen LogP contribution in [0.25, 0.3) is 0 Å². The van der Waals surface area contributed by atoms with E-state index in [4.69, 9.17) is 0 Å². The number of fused-ring (bicyclic) bond motifs is 1. The Morgan fingerprint density at radius 1 is 1.41 bits per heavy atom. The van der Waals surface area contributed by atoms with E-state index in [1.165, 1.54) is 37.1 Å². The Kier molecular flexibility index (Phi) is 4.06. The van der Waals surface area contributed by atoms with E-state index < -0.39 is 0 Å². The molecule has 1 aliphatic heterocycles. The predicted molar refractivity (Wildman–Crippen MR) is 74.6 cm³/mol. The van der Waals surface area contributed by atoms with Crippen LogP contribution < -0.4 is 10.2 Å². The lowest BCUT2D eigenvalue weighted by Gasteiger charge is -2.39. The second kappa shape index (κ2) is 5.54. The summed E-state index contributed by atoms with van der Waals surface area (Å²) in [6, 6.07) is 10.0. The molecule has 1 heterocycles. The monoisotopic (exact) mass is 232 g/mol. The van der Waals surface area contributed by atoms with E-state index in [9.17, 15) is 0 Å². The largest absolute Gasteiger partial charge is 0.368 e. The molecular formula is C15H24N2. The Morgan fingerprint density at radius 3 is 2.88 bits per heavy atom. The molecule has 2 heteroatoms. The molecule has 1 aromatic rings. The van der Waals surface area contributed by atoms with Crippen molar-refractivity contribution in [3.05, 3.63) is 29.8 Å². The van der Waals surface area contributed by atoms with Crippen LogP contribution in [0.15, 0.2) is 24.3 Å². The minimum absolute atomic E-state index is 0.524. The fraction of sp³-hybridized carbons (Fsp3) is 0.600. The second-order valence-corrected chi connectivity index (χ2v) is 5.02. The molecule has 1 N–H and O–H groups in total. The zero-order valence-electron chi connectivity index (χ0n) is 11.2. The summed E-state index contributed by atoms with van der Waals surface area (Å²) in [6.45, 7) is 5.78. The fourth-order valence-corrected chi connectivity index (χ4v) is 2.92. The summed E-state index contributed by atoms with van der Waals surface area (Å²) >= 11 is 0. The maximum Gasteiger partial charge on any atom is 0.0417 e. The molecule has 0 spiro atoms. The summed E-state index contributed by atoms with van der Waals surface area (Å²) in [7, 11) is 2.06. The number of nitrogens with zero attached hydrogens (tertiary/aromatic N) is 1. The van der Waals surface area contributed by atoms with Crippen molar-refractivity contribution in [2.45, 2.75) is 45.2 Å². The first-order valence-corrected chi connectivity index (χ1v) is 6.80. The lowest BCUT2D eigenvalue weighted by molar-refractivity contribution is 0.479. The molecule has 2 rings (SSSR count). The summed E-state index contributed by atoms with van der Waals surface area (Å²) < 4.78 is 0. The van der Waals surface area contributed by atoms with E-state index in [0.717, 1.165) is 0 Å². The number of para-hydroxylation sites is 1. The third kappa shape index (κ3) is 2.47. The van der Waals surface area contributed by atoms with Gasteiger partial charge in [0, 0.05) is 24.3 Å². The van der Waals surface area contributed by atoms with Crippen LogP contribution in [0.5, 0.6) is 0 Å². The standard InChI is InChI=1S/C15H24N2/c1-4-7-12(2)17-11-10-14(16-3)13-8-5-6-9-15(13)17/h5-6,8-9,12,14,16H,4,7,10-11H2,1-3H3. The van der Waals surface area contributed by atoms with Crippen molar-refractivity contribution in [1.29, 1.82) is 0 Å². The second-order valence-electron chi connectivity index (χ2n) is 5.02. The normalized spacial score (nSPS) is 21.1. The van der Waals surface area contributed by atoms with Gasteiger partial charge < -0.3 is 10.2 Å². The number of rotatable bonds is 4. The first-order valence-electron chi connectivity index (χ1n) is 6.80. The number of benzene rings is 1. The van der Waals surface area contributed by atoms with Gasteiger partial charge in [0.1, 0.15) is 0 Å². The topological polar surface area (TPSA) is 15.3 Å². The maximum atomic E-state index is 3.42. The van der Waals surface area contributed by atoms with Gasteiger partial charge in [-0.25, -0.2) is 0 Å². The highest BCUT2D eigenvalue weighted by molar-refractivity contribution is 5.57. The van der Waals surface area contributed by atoms with Crippen molar-refractivity contribution in [2.75, 3.05) is 18.5 Å². The first-order chi connectivity index (χ1) is 8.27. The minimum Gasteiger partial charge on any atom is -0.368 e. The van der Waals surface area contributed by atoms with Crippen LogP contribution in [0.2, 0.25) is 0 Å². The highest BCUT2D eigenvalue weighted by atomic mass is 15.2. The van der Waals surface area contributed by atoms with Crippen molar-refractivity contribution >= 4 is 5.69 Å². The van der Waals surface area contributed by atoms with Crippen LogP contribution in [0.4, 0.5) is 5.69 Å². The SMILES string of the molecule is CCCC(C)N1CCC(NC)c2ccccc21. The molecule has 0 radical (unpaired) electrons. The van der Waals surface area contributed by atoms with Crippen molar-refractivity contribution in [2.24, 2.45) is 0 Å². The number of anilines is 1. The highest BCUT2D eigenvalue weighted by Gasteiger charge is 2.25. The molecule has 2 atom stereocenters. The summed E-state index contributed by atoms with van der Waals surface area (Å²) in [6.07, 6.45) is 3.75. The van der Waals surface area contributed by atoms with E-state index in [1.807, 2.05) is 0 Å². The molecule has 0 saturated heterocycles. The lowest BCUT2D eigenvalue weighted by Crippen LogP contribution is -2.40. The fourth-order valence-electron chi connectivity index (χ4n) is 2.92. The van der Waals surface area contributed by atoms with Crippen molar-refractivity contribution < 1.29 is 0 Å². The Morgan fingerprint density at radius 2 is 2.18 bits per heavy atom. The Labute approximate surface area is 105 Å². The number of hydrogen-bond donors (Lipinski definition) is 1. The summed E-state index contributed by atoms with van der Waals surface area (Å²) in [5, 5.41) is 3.42. The lowest BCUT2D eigenvalue weighted by atomic mass is 9.94. The Bertz CT molecular complexity index is 362. The molecular weight excluding hydrogens is 208 g/mol. The number of nitrogens with one attached hydrogen (secondary N) is 1. The Hall–Kier alpha value is -1.02. The molecule has 17 heavy (non-hydrogen) atoms. The molecule has 1 aromatic carbocycles. The summed E-state index contributed by atoms with van der Waals surface area (Å²) in [5.41, 5.74) is 2.89. The smallest absolute Gasteiger partial charge is 0.0417 e. The van der Waals surface area contributed by atoms with Gasteiger partial charge in [0.15, 0.2) is 0 Å². The zero-order valence-corrected chi connectivity index (χ0v) is 11.2. The third-order valence-electron chi connectivity index (χ3n) is 3.87. The first kappa shape index (κ1) is 12.4. The molecule has 0 bridgehead atoms. The molecule has 0 aromatic heterocycles. The van der Waals surface area contributed by atoms with Crippen LogP contribution in [-0.2, 0) is 0 Å². The van der Waals surface area contributed by atoms with E-state index in [-0.39, 0.29) is 0 Å².